The van der Waals surface area contributed by atoms with Crippen LogP contribution in [0.25, 0.3) is 11.0 Å². The Hall–Kier alpha value is -3.52. The number of carboxylic acid groups (broad SMARTS) is 2. The molecule has 1 atom stereocenters. The van der Waals surface area contributed by atoms with Gasteiger partial charge in [0.25, 0.3) is 5.56 Å². The van der Waals surface area contributed by atoms with E-state index in [0.29, 0.717) is 18.7 Å². The lowest BCUT2D eigenvalue weighted by Crippen LogP contribution is -2.43. The Morgan fingerprint density at radius 1 is 1.24 bits per heavy atom. The summed E-state index contributed by atoms with van der Waals surface area (Å²) < 4.78 is 13.8. The van der Waals surface area contributed by atoms with E-state index in [-0.39, 0.29) is 16.4 Å². The van der Waals surface area contributed by atoms with E-state index >= 15 is 0 Å². The van der Waals surface area contributed by atoms with Gasteiger partial charge in [-0.3, -0.25) is 24.2 Å². The second-order valence-corrected chi connectivity index (χ2v) is 7.61. The highest BCUT2D eigenvalue weighted by atomic mass is 32.1. The monoisotopic (exact) mass is 484 g/mol. The fraction of sp³-hybridized carbons (Fsp3) is 0.474. The minimum Gasteiger partial charge on any atom is -0.481 e. The van der Waals surface area contributed by atoms with E-state index in [1.165, 1.54) is 10.8 Å². The van der Waals surface area contributed by atoms with Crippen molar-refractivity contribution in [3.8, 4) is 0 Å². The second-order valence-electron chi connectivity index (χ2n) is 7.23. The van der Waals surface area contributed by atoms with Crippen molar-refractivity contribution in [2.75, 3.05) is 6.61 Å². The Labute approximate surface area is 191 Å². The molecule has 180 valence electrons. The number of aliphatic carboxylic acids is 2. The quantitative estimate of drug-likeness (QED) is 0.185. The predicted molar refractivity (Wildman–Crippen MR) is 115 cm³/mol. The molecule has 0 saturated heterocycles. The van der Waals surface area contributed by atoms with Crippen LogP contribution in [0.15, 0.2) is 17.1 Å². The van der Waals surface area contributed by atoms with Gasteiger partial charge in [0.1, 0.15) is 18.0 Å². The molecule has 2 aromatic heterocycles. The second kappa shape index (κ2) is 11.4. The van der Waals surface area contributed by atoms with Crippen LogP contribution in [-0.4, -0.2) is 66.9 Å². The number of aromatic amines is 1. The summed E-state index contributed by atoms with van der Waals surface area (Å²) in [5.41, 5.74) is 0.184. The summed E-state index contributed by atoms with van der Waals surface area (Å²) in [4.78, 5) is 60.4. The zero-order chi connectivity index (χ0) is 24.7. The van der Waals surface area contributed by atoms with Crippen molar-refractivity contribution in [3.05, 3.63) is 27.4 Å². The fourth-order valence-corrected chi connectivity index (χ4v) is 3.20. The van der Waals surface area contributed by atoms with Gasteiger partial charge in [0.2, 0.25) is 5.91 Å². The first-order valence-corrected chi connectivity index (χ1v) is 10.2. The molecule has 33 heavy (non-hydrogen) atoms. The number of esters is 1. The molecular weight excluding hydrogens is 460 g/mol. The van der Waals surface area contributed by atoms with Crippen molar-refractivity contribution in [2.24, 2.45) is 0 Å². The number of H-pyrrole nitrogens is 1. The summed E-state index contributed by atoms with van der Waals surface area (Å²) >= 11 is 5.22. The van der Waals surface area contributed by atoms with E-state index in [9.17, 15) is 24.0 Å². The molecule has 1 unspecified atom stereocenters. The van der Waals surface area contributed by atoms with Crippen LogP contribution in [0.2, 0.25) is 0 Å². The number of nitrogens with one attached hydrogen (secondary N) is 2. The number of ether oxygens (including phenoxy) is 2. The summed E-state index contributed by atoms with van der Waals surface area (Å²) in [7, 11) is 0. The van der Waals surface area contributed by atoms with Gasteiger partial charge in [0, 0.05) is 12.7 Å². The van der Waals surface area contributed by atoms with Crippen LogP contribution in [0.3, 0.4) is 0 Å². The lowest BCUT2D eigenvalue weighted by Gasteiger charge is -2.14. The van der Waals surface area contributed by atoms with Gasteiger partial charge in [0.05, 0.1) is 24.6 Å². The zero-order valence-corrected chi connectivity index (χ0v) is 18.7. The highest BCUT2D eigenvalue weighted by Gasteiger charge is 2.25. The number of amides is 1. The van der Waals surface area contributed by atoms with Crippen molar-refractivity contribution >= 4 is 47.1 Å². The Balaban J connectivity index is 2.11. The molecule has 0 aromatic carbocycles. The first kappa shape index (κ1) is 25.7. The minimum absolute atomic E-state index is 0.0185. The molecule has 13 nitrogen and oxygen atoms in total. The van der Waals surface area contributed by atoms with Crippen LogP contribution in [-0.2, 0) is 41.9 Å². The lowest BCUT2D eigenvalue weighted by atomic mass is 10.2. The molecule has 2 aromatic rings. The Morgan fingerprint density at radius 3 is 2.55 bits per heavy atom. The number of fused-ring (bicyclic) bond motifs is 1. The van der Waals surface area contributed by atoms with E-state index < -0.39 is 55.0 Å². The third-order valence-corrected chi connectivity index (χ3v) is 4.68. The van der Waals surface area contributed by atoms with Gasteiger partial charge in [-0.1, -0.05) is 0 Å². The Morgan fingerprint density at radius 2 is 1.94 bits per heavy atom. The maximum atomic E-state index is 12.4. The summed E-state index contributed by atoms with van der Waals surface area (Å²) in [6, 6.07) is -0.0458. The number of hydrogen-bond acceptors (Lipinski definition) is 8. The molecule has 0 saturated carbocycles. The van der Waals surface area contributed by atoms with Crippen LogP contribution in [0.5, 0.6) is 0 Å². The molecule has 0 bridgehead atoms. The summed E-state index contributed by atoms with van der Waals surface area (Å²) in [5, 5.41) is 19.7. The summed E-state index contributed by atoms with van der Waals surface area (Å²) in [6.45, 7) is 4.11. The van der Waals surface area contributed by atoms with Crippen molar-refractivity contribution in [1.82, 2.24) is 19.4 Å². The molecule has 1 amide bonds. The third kappa shape index (κ3) is 7.25. The molecular formula is C19H24N4O9S. The van der Waals surface area contributed by atoms with Crippen molar-refractivity contribution in [1.29, 1.82) is 0 Å². The van der Waals surface area contributed by atoms with Crippen molar-refractivity contribution in [3.63, 3.8) is 0 Å². The third-order valence-electron chi connectivity index (χ3n) is 4.36. The van der Waals surface area contributed by atoms with Gasteiger partial charge < -0.3 is 34.1 Å². The van der Waals surface area contributed by atoms with Gasteiger partial charge in [0.15, 0.2) is 11.5 Å². The van der Waals surface area contributed by atoms with Crippen LogP contribution in [0.4, 0.5) is 0 Å². The average molecular weight is 484 g/mol. The number of carbonyl (C=O) groups excluding carboxylic acids is 2. The molecule has 14 heteroatoms. The Bertz CT molecular complexity index is 1160. The van der Waals surface area contributed by atoms with Crippen LogP contribution >= 0.6 is 12.2 Å². The first-order valence-electron chi connectivity index (χ1n) is 9.82. The molecule has 0 aliphatic rings. The Kier molecular flexibility index (Phi) is 8.87. The molecule has 0 fully saturated rings. The SMILES string of the molecule is CC(C)OCCn1c(=S)[nH]c(=O)c2c1ccn2COC(=O)CC(NC(=O)CC(=O)O)C(=O)O. The standard InChI is InChI=1S/C19H24N4O9S/c1-10(2)31-6-5-23-12-3-4-22(16(12)17(28)21-19(23)33)9-32-15(27)7-11(18(29)30)20-13(24)8-14(25)26/h3-4,10-11H,5-9H2,1-2H3,(H,20,24)(H,25,26)(H,29,30)(H,21,28,33). The maximum absolute atomic E-state index is 12.4. The van der Waals surface area contributed by atoms with Crippen molar-refractivity contribution in [2.45, 2.75) is 52.1 Å². The number of carbonyl (C=O) groups is 4. The minimum atomic E-state index is -1.67. The van der Waals surface area contributed by atoms with Gasteiger partial charge in [-0.25, -0.2) is 4.79 Å². The molecule has 0 spiro atoms. The van der Waals surface area contributed by atoms with E-state index in [0.717, 1.165) is 0 Å². The topological polar surface area (TPSA) is 182 Å². The van der Waals surface area contributed by atoms with Gasteiger partial charge in [-0.2, -0.15) is 0 Å². The normalized spacial score (nSPS) is 12.0. The van der Waals surface area contributed by atoms with Crippen molar-refractivity contribution < 1.29 is 38.9 Å². The highest BCUT2D eigenvalue weighted by molar-refractivity contribution is 7.71. The fourth-order valence-electron chi connectivity index (χ4n) is 2.92. The number of carboxylic acids is 2. The molecule has 2 heterocycles. The van der Waals surface area contributed by atoms with Crippen LogP contribution < -0.4 is 10.9 Å². The molecule has 0 aliphatic carbocycles. The van der Waals surface area contributed by atoms with Gasteiger partial charge >= 0.3 is 17.9 Å². The van der Waals surface area contributed by atoms with Gasteiger partial charge in [-0.15, -0.1) is 0 Å². The molecule has 2 rings (SSSR count). The number of aromatic nitrogens is 3. The molecule has 0 radical (unpaired) electrons. The zero-order valence-electron chi connectivity index (χ0n) is 17.9. The smallest absolute Gasteiger partial charge is 0.326 e. The van der Waals surface area contributed by atoms with E-state index in [4.69, 9.17) is 31.9 Å². The van der Waals surface area contributed by atoms with E-state index in [1.54, 1.807) is 10.6 Å². The van der Waals surface area contributed by atoms with E-state index in [2.05, 4.69) is 4.98 Å². The summed E-state index contributed by atoms with van der Waals surface area (Å²) in [5.74, 6) is -5.01. The highest BCUT2D eigenvalue weighted by Crippen LogP contribution is 2.13. The number of hydrogen-bond donors (Lipinski definition) is 4. The molecule has 0 aliphatic heterocycles. The first-order chi connectivity index (χ1) is 15.5. The van der Waals surface area contributed by atoms with Crippen LogP contribution in [0, 0.1) is 4.77 Å². The number of nitrogens with zero attached hydrogens (tertiary/aromatic N) is 2. The van der Waals surface area contributed by atoms with Crippen LogP contribution in [0.1, 0.15) is 26.7 Å². The predicted octanol–water partition coefficient (Wildman–Crippen LogP) is 0.220. The lowest BCUT2D eigenvalue weighted by molar-refractivity contribution is -0.153. The summed E-state index contributed by atoms with van der Waals surface area (Å²) in [6.07, 6.45) is -0.154. The maximum Gasteiger partial charge on any atom is 0.326 e. The average Bonchev–Trinajstić information content (AvgIpc) is 3.11. The largest absolute Gasteiger partial charge is 0.481 e. The van der Waals surface area contributed by atoms with E-state index in [1.807, 2.05) is 19.2 Å². The number of rotatable bonds is 12. The molecule has 4 N–H and O–H groups in total. The van der Waals surface area contributed by atoms with Gasteiger partial charge in [-0.05, 0) is 32.1 Å².